The van der Waals surface area contributed by atoms with Gasteiger partial charge in [0, 0.05) is 11.1 Å². The number of rotatable bonds is 5. The summed E-state index contributed by atoms with van der Waals surface area (Å²) in [6.45, 7) is 4.32. The maximum absolute atomic E-state index is 4.23. The van der Waals surface area contributed by atoms with Gasteiger partial charge in [-0.05, 0) is 19.8 Å². The van der Waals surface area contributed by atoms with Crippen molar-refractivity contribution in [3.05, 3.63) is 16.1 Å². The van der Waals surface area contributed by atoms with Gasteiger partial charge in [-0.15, -0.1) is 11.3 Å². The zero-order valence-corrected chi connectivity index (χ0v) is 8.78. The molecule has 0 spiro atoms. The first kappa shape index (κ1) is 9.72. The van der Waals surface area contributed by atoms with Gasteiger partial charge in [-0.1, -0.05) is 26.2 Å². The van der Waals surface area contributed by atoms with Crippen molar-refractivity contribution >= 4 is 11.3 Å². The van der Waals surface area contributed by atoms with Gasteiger partial charge in [0.2, 0.25) is 0 Å². The van der Waals surface area contributed by atoms with Crippen LogP contribution in [0.5, 0.6) is 0 Å². The molecule has 0 saturated heterocycles. The molecule has 0 bridgehead atoms. The summed E-state index contributed by atoms with van der Waals surface area (Å²) in [5, 5.41) is 1.19. The maximum Gasteiger partial charge on any atom is 0.0896 e. The van der Waals surface area contributed by atoms with E-state index >= 15 is 0 Å². The zero-order chi connectivity index (χ0) is 8.81. The van der Waals surface area contributed by atoms with Crippen molar-refractivity contribution in [1.29, 1.82) is 0 Å². The lowest BCUT2D eigenvalue weighted by Crippen LogP contribution is -1.80. The highest BCUT2D eigenvalue weighted by Crippen LogP contribution is 2.14. The third-order valence-corrected chi connectivity index (χ3v) is 2.92. The van der Waals surface area contributed by atoms with Crippen molar-refractivity contribution in [3.63, 3.8) is 0 Å². The van der Waals surface area contributed by atoms with Gasteiger partial charge in [-0.25, -0.2) is 4.98 Å². The second-order valence-corrected chi connectivity index (χ2v) is 4.48. The Hall–Kier alpha value is -0.370. The number of aromatic nitrogens is 1. The van der Waals surface area contributed by atoms with E-state index in [1.165, 1.54) is 42.0 Å². The Morgan fingerprint density at radius 3 is 2.75 bits per heavy atom. The molecule has 1 rings (SSSR count). The molecule has 12 heavy (non-hydrogen) atoms. The lowest BCUT2D eigenvalue weighted by atomic mass is 10.1. The van der Waals surface area contributed by atoms with Gasteiger partial charge in [-0.2, -0.15) is 0 Å². The Labute approximate surface area is 78.8 Å². The van der Waals surface area contributed by atoms with E-state index in [4.69, 9.17) is 0 Å². The van der Waals surface area contributed by atoms with Crippen LogP contribution in [-0.2, 0) is 6.42 Å². The fourth-order valence-corrected chi connectivity index (χ4v) is 2.08. The van der Waals surface area contributed by atoms with Gasteiger partial charge in [-0.3, -0.25) is 0 Å². The molecule has 0 radical (unpaired) electrons. The average molecular weight is 183 g/mol. The molecule has 0 amide bonds. The summed E-state index contributed by atoms with van der Waals surface area (Å²) in [5.74, 6) is 0. The number of aryl methyl sites for hydroxylation is 2. The highest BCUT2D eigenvalue weighted by Gasteiger charge is 1.96. The van der Waals surface area contributed by atoms with Gasteiger partial charge < -0.3 is 0 Å². The van der Waals surface area contributed by atoms with Crippen LogP contribution in [0.1, 0.15) is 42.5 Å². The van der Waals surface area contributed by atoms with Gasteiger partial charge in [0.25, 0.3) is 0 Å². The van der Waals surface area contributed by atoms with E-state index in [1.54, 1.807) is 0 Å². The molecule has 0 fully saturated rings. The fraction of sp³-hybridized carbons (Fsp3) is 0.700. The SMILES string of the molecule is CCCCCCc1cnc(C)s1. The molecular formula is C10H17NS. The van der Waals surface area contributed by atoms with E-state index in [9.17, 15) is 0 Å². The van der Waals surface area contributed by atoms with Crippen LogP contribution < -0.4 is 0 Å². The number of thiazole rings is 1. The van der Waals surface area contributed by atoms with Crippen molar-refractivity contribution in [2.24, 2.45) is 0 Å². The molecule has 68 valence electrons. The van der Waals surface area contributed by atoms with E-state index in [0.29, 0.717) is 0 Å². The first-order chi connectivity index (χ1) is 5.83. The monoisotopic (exact) mass is 183 g/mol. The molecule has 0 aliphatic carbocycles. The Morgan fingerprint density at radius 2 is 2.17 bits per heavy atom. The van der Waals surface area contributed by atoms with E-state index in [1.807, 2.05) is 17.5 Å². The summed E-state index contributed by atoms with van der Waals surface area (Å²) in [6, 6.07) is 0. The Kier molecular flexibility index (Phi) is 4.30. The maximum atomic E-state index is 4.23. The molecule has 1 heterocycles. The van der Waals surface area contributed by atoms with Crippen molar-refractivity contribution in [2.75, 3.05) is 0 Å². The highest BCUT2D eigenvalue weighted by atomic mass is 32.1. The molecule has 2 heteroatoms. The highest BCUT2D eigenvalue weighted by molar-refractivity contribution is 7.11. The van der Waals surface area contributed by atoms with Gasteiger partial charge in [0.1, 0.15) is 0 Å². The van der Waals surface area contributed by atoms with E-state index in [0.717, 1.165) is 0 Å². The first-order valence-corrected chi connectivity index (χ1v) is 5.56. The molecule has 1 aromatic heterocycles. The molecule has 1 aromatic rings. The van der Waals surface area contributed by atoms with E-state index in [2.05, 4.69) is 18.8 Å². The van der Waals surface area contributed by atoms with Crippen LogP contribution in [0.4, 0.5) is 0 Å². The number of unbranched alkanes of at least 4 members (excludes halogenated alkanes) is 3. The predicted octanol–water partition coefficient (Wildman–Crippen LogP) is 3.57. The summed E-state index contributed by atoms with van der Waals surface area (Å²) < 4.78 is 0. The molecule has 0 saturated carbocycles. The van der Waals surface area contributed by atoms with Crippen LogP contribution in [0.15, 0.2) is 6.20 Å². The molecule has 1 nitrogen and oxygen atoms in total. The van der Waals surface area contributed by atoms with Crippen molar-refractivity contribution in [3.8, 4) is 0 Å². The quantitative estimate of drug-likeness (QED) is 0.636. The zero-order valence-electron chi connectivity index (χ0n) is 7.97. The van der Waals surface area contributed by atoms with E-state index < -0.39 is 0 Å². The topological polar surface area (TPSA) is 12.9 Å². The third-order valence-electron chi connectivity index (χ3n) is 1.95. The lowest BCUT2D eigenvalue weighted by Gasteiger charge is -1.95. The average Bonchev–Trinajstić information content (AvgIpc) is 2.45. The summed E-state index contributed by atoms with van der Waals surface area (Å²) in [6.07, 6.45) is 8.64. The molecule has 0 N–H and O–H groups in total. The predicted molar refractivity (Wildman–Crippen MR) is 54.7 cm³/mol. The van der Waals surface area contributed by atoms with Crippen LogP contribution in [0, 0.1) is 6.92 Å². The fourth-order valence-electron chi connectivity index (χ4n) is 1.25. The van der Waals surface area contributed by atoms with Crippen LogP contribution in [0.3, 0.4) is 0 Å². The lowest BCUT2D eigenvalue weighted by molar-refractivity contribution is 0.670. The van der Waals surface area contributed by atoms with Crippen molar-refractivity contribution in [2.45, 2.75) is 46.0 Å². The van der Waals surface area contributed by atoms with Gasteiger partial charge in [0.15, 0.2) is 0 Å². The van der Waals surface area contributed by atoms with Crippen LogP contribution >= 0.6 is 11.3 Å². The largest absolute Gasteiger partial charge is 0.250 e. The first-order valence-electron chi connectivity index (χ1n) is 4.74. The van der Waals surface area contributed by atoms with Crippen molar-refractivity contribution < 1.29 is 0 Å². The van der Waals surface area contributed by atoms with Gasteiger partial charge in [0.05, 0.1) is 5.01 Å². The van der Waals surface area contributed by atoms with Gasteiger partial charge >= 0.3 is 0 Å². The van der Waals surface area contributed by atoms with Crippen molar-refractivity contribution in [1.82, 2.24) is 4.98 Å². The summed E-state index contributed by atoms with van der Waals surface area (Å²) in [7, 11) is 0. The summed E-state index contributed by atoms with van der Waals surface area (Å²) in [5.41, 5.74) is 0. The number of hydrogen-bond acceptors (Lipinski definition) is 2. The van der Waals surface area contributed by atoms with Crippen LogP contribution in [0.25, 0.3) is 0 Å². The van der Waals surface area contributed by atoms with E-state index in [-0.39, 0.29) is 0 Å². The standard InChI is InChI=1S/C10H17NS/c1-3-4-5-6-7-10-8-11-9(2)12-10/h8H,3-7H2,1-2H3. The molecular weight excluding hydrogens is 166 g/mol. The normalized spacial score (nSPS) is 10.5. The molecule has 0 aromatic carbocycles. The minimum Gasteiger partial charge on any atom is -0.250 e. The second kappa shape index (κ2) is 5.31. The molecule has 0 aliphatic heterocycles. The number of nitrogens with zero attached hydrogens (tertiary/aromatic N) is 1. The molecule has 0 atom stereocenters. The summed E-state index contributed by atoms with van der Waals surface area (Å²) in [4.78, 5) is 5.68. The van der Waals surface area contributed by atoms with Crippen LogP contribution in [0.2, 0.25) is 0 Å². The minimum absolute atomic E-state index is 1.19. The molecule has 0 aliphatic rings. The Bertz CT molecular complexity index is 217. The smallest absolute Gasteiger partial charge is 0.0896 e. The Balaban J connectivity index is 2.15. The minimum atomic E-state index is 1.19. The number of hydrogen-bond donors (Lipinski definition) is 0. The summed E-state index contributed by atoms with van der Waals surface area (Å²) >= 11 is 1.83. The third kappa shape index (κ3) is 3.35. The Morgan fingerprint density at radius 1 is 1.33 bits per heavy atom. The van der Waals surface area contributed by atoms with Crippen LogP contribution in [-0.4, -0.2) is 4.98 Å². The molecule has 0 unspecified atom stereocenters. The second-order valence-electron chi connectivity index (χ2n) is 3.16.